The second-order valence-corrected chi connectivity index (χ2v) is 4.00. The lowest BCUT2D eigenvalue weighted by molar-refractivity contribution is -0.137. The van der Waals surface area contributed by atoms with Crippen LogP contribution in [0.2, 0.25) is 0 Å². The zero-order chi connectivity index (χ0) is 12.3. The van der Waals surface area contributed by atoms with E-state index in [1.165, 1.54) is 12.1 Å². The number of hydrogen-bond donors (Lipinski definition) is 0. The van der Waals surface area contributed by atoms with Gasteiger partial charge >= 0.3 is 6.18 Å². The maximum absolute atomic E-state index is 12.4. The number of benzene rings is 1. The summed E-state index contributed by atoms with van der Waals surface area (Å²) < 4.78 is 37.1. The highest BCUT2D eigenvalue weighted by Crippen LogP contribution is 2.29. The molecule has 1 aromatic rings. The Morgan fingerprint density at radius 3 is 2.44 bits per heavy atom. The first-order valence-electron chi connectivity index (χ1n) is 4.99. The van der Waals surface area contributed by atoms with Crippen LogP contribution in [0.1, 0.15) is 25.0 Å². The van der Waals surface area contributed by atoms with Crippen LogP contribution in [0.3, 0.4) is 0 Å². The van der Waals surface area contributed by atoms with E-state index in [1.54, 1.807) is 13.8 Å². The highest BCUT2D eigenvalue weighted by molar-refractivity contribution is 5.82. The second kappa shape index (κ2) is 4.68. The molecule has 88 valence electrons. The zero-order valence-corrected chi connectivity index (χ0v) is 9.14. The molecule has 0 aliphatic heterocycles. The number of rotatable bonds is 3. The van der Waals surface area contributed by atoms with Crippen molar-refractivity contribution in [3.05, 3.63) is 35.4 Å². The van der Waals surface area contributed by atoms with Crippen LogP contribution in [0.4, 0.5) is 13.2 Å². The van der Waals surface area contributed by atoms with Gasteiger partial charge in [0.25, 0.3) is 0 Å². The minimum absolute atomic E-state index is 0.0562. The molecule has 0 saturated carbocycles. The predicted molar refractivity (Wildman–Crippen MR) is 55.0 cm³/mol. The topological polar surface area (TPSA) is 17.1 Å². The lowest BCUT2D eigenvalue weighted by Crippen LogP contribution is -2.11. The summed E-state index contributed by atoms with van der Waals surface area (Å²) in [5.74, 6) is -0.214. The monoisotopic (exact) mass is 230 g/mol. The van der Waals surface area contributed by atoms with Gasteiger partial charge in [0.1, 0.15) is 5.78 Å². The number of halogens is 3. The average Bonchev–Trinajstić information content (AvgIpc) is 2.16. The van der Waals surface area contributed by atoms with Gasteiger partial charge in [0.2, 0.25) is 0 Å². The third-order valence-electron chi connectivity index (χ3n) is 2.28. The van der Waals surface area contributed by atoms with Crippen LogP contribution < -0.4 is 0 Å². The van der Waals surface area contributed by atoms with Gasteiger partial charge in [-0.15, -0.1) is 0 Å². The number of carbonyl (C=O) groups is 1. The van der Waals surface area contributed by atoms with Gasteiger partial charge in [0.05, 0.1) is 5.56 Å². The molecular formula is C12H13F3O. The molecule has 0 spiro atoms. The smallest absolute Gasteiger partial charge is 0.299 e. The molecule has 0 aliphatic rings. The van der Waals surface area contributed by atoms with Crippen LogP contribution in [0.15, 0.2) is 24.3 Å². The summed E-state index contributed by atoms with van der Waals surface area (Å²) in [6, 6.07) is 4.89. The number of ketones is 1. The molecule has 0 bridgehead atoms. The van der Waals surface area contributed by atoms with Gasteiger partial charge in [-0.1, -0.05) is 32.0 Å². The normalized spacial score (nSPS) is 11.9. The van der Waals surface area contributed by atoms with E-state index in [0.29, 0.717) is 5.56 Å². The van der Waals surface area contributed by atoms with Crippen molar-refractivity contribution in [3.8, 4) is 0 Å². The van der Waals surface area contributed by atoms with E-state index in [9.17, 15) is 18.0 Å². The van der Waals surface area contributed by atoms with Gasteiger partial charge in [0.15, 0.2) is 0 Å². The molecule has 1 nitrogen and oxygen atoms in total. The summed E-state index contributed by atoms with van der Waals surface area (Å²) in [7, 11) is 0. The molecule has 16 heavy (non-hydrogen) atoms. The van der Waals surface area contributed by atoms with Crippen molar-refractivity contribution in [1.29, 1.82) is 0 Å². The Balaban J connectivity index is 2.88. The number of carbonyl (C=O) groups excluding carboxylic acids is 1. The first-order valence-corrected chi connectivity index (χ1v) is 4.99. The van der Waals surface area contributed by atoms with Gasteiger partial charge in [-0.05, 0) is 11.6 Å². The molecule has 0 saturated heterocycles. The SMILES string of the molecule is CC(C)C(=O)Cc1cccc(C(F)(F)F)c1. The minimum atomic E-state index is -4.35. The highest BCUT2D eigenvalue weighted by atomic mass is 19.4. The fourth-order valence-electron chi connectivity index (χ4n) is 1.26. The summed E-state index contributed by atoms with van der Waals surface area (Å²) in [5.41, 5.74) is -0.296. The fraction of sp³-hybridized carbons (Fsp3) is 0.417. The van der Waals surface area contributed by atoms with Gasteiger partial charge in [-0.3, -0.25) is 4.79 Å². The molecule has 4 heteroatoms. The largest absolute Gasteiger partial charge is 0.416 e. The minimum Gasteiger partial charge on any atom is -0.299 e. The van der Waals surface area contributed by atoms with Gasteiger partial charge in [-0.2, -0.15) is 13.2 Å². The maximum atomic E-state index is 12.4. The van der Waals surface area contributed by atoms with Gasteiger partial charge < -0.3 is 0 Å². The van der Waals surface area contributed by atoms with Crippen molar-refractivity contribution < 1.29 is 18.0 Å². The summed E-state index contributed by atoms with van der Waals surface area (Å²) in [6.07, 6.45) is -4.29. The van der Waals surface area contributed by atoms with Crippen LogP contribution in [-0.4, -0.2) is 5.78 Å². The number of Topliss-reactive ketones (excluding diaryl/α,β-unsaturated/α-hetero) is 1. The van der Waals surface area contributed by atoms with Crippen LogP contribution in [0, 0.1) is 5.92 Å². The lowest BCUT2D eigenvalue weighted by Gasteiger charge is -2.09. The maximum Gasteiger partial charge on any atom is 0.416 e. The molecule has 1 aromatic carbocycles. The first kappa shape index (κ1) is 12.7. The molecule has 0 fully saturated rings. The van der Waals surface area contributed by atoms with Crippen molar-refractivity contribution in [2.24, 2.45) is 5.92 Å². The molecule has 0 N–H and O–H groups in total. The molecule has 0 radical (unpaired) electrons. The molecular weight excluding hydrogens is 217 g/mol. The van der Waals surface area contributed by atoms with Crippen molar-refractivity contribution in [2.75, 3.05) is 0 Å². The van der Waals surface area contributed by atoms with Crippen molar-refractivity contribution in [2.45, 2.75) is 26.4 Å². The van der Waals surface area contributed by atoms with E-state index >= 15 is 0 Å². The van der Waals surface area contributed by atoms with E-state index in [1.807, 2.05) is 0 Å². The Morgan fingerprint density at radius 2 is 1.94 bits per heavy atom. The Labute approximate surface area is 92.3 Å². The Bertz CT molecular complexity index is 380. The summed E-state index contributed by atoms with van der Waals surface area (Å²) in [6.45, 7) is 3.46. The molecule has 0 heterocycles. The van der Waals surface area contributed by atoms with E-state index in [2.05, 4.69) is 0 Å². The van der Waals surface area contributed by atoms with Crippen molar-refractivity contribution in [3.63, 3.8) is 0 Å². The lowest BCUT2D eigenvalue weighted by atomic mass is 10.00. The number of hydrogen-bond acceptors (Lipinski definition) is 1. The van der Waals surface area contributed by atoms with Crippen LogP contribution >= 0.6 is 0 Å². The predicted octanol–water partition coefficient (Wildman–Crippen LogP) is 3.47. The van der Waals surface area contributed by atoms with E-state index < -0.39 is 11.7 Å². The molecule has 0 aromatic heterocycles. The summed E-state index contributed by atoms with van der Waals surface area (Å²) in [4.78, 5) is 11.4. The third kappa shape index (κ3) is 3.36. The Morgan fingerprint density at radius 1 is 1.31 bits per heavy atom. The van der Waals surface area contributed by atoms with E-state index in [-0.39, 0.29) is 18.1 Å². The zero-order valence-electron chi connectivity index (χ0n) is 9.14. The van der Waals surface area contributed by atoms with E-state index in [4.69, 9.17) is 0 Å². The standard InChI is InChI=1S/C12H13F3O/c1-8(2)11(16)7-9-4-3-5-10(6-9)12(13,14)15/h3-6,8H,7H2,1-2H3. The molecule has 0 amide bonds. The van der Waals surface area contributed by atoms with Crippen LogP contribution in [0.5, 0.6) is 0 Å². The quantitative estimate of drug-likeness (QED) is 0.777. The number of alkyl halides is 3. The Kier molecular flexibility index (Phi) is 3.73. The second-order valence-electron chi connectivity index (χ2n) is 4.00. The summed E-state index contributed by atoms with van der Waals surface area (Å²) >= 11 is 0. The summed E-state index contributed by atoms with van der Waals surface area (Å²) in [5, 5.41) is 0. The molecule has 1 rings (SSSR count). The van der Waals surface area contributed by atoms with Gasteiger partial charge in [0, 0.05) is 12.3 Å². The molecule has 0 atom stereocenters. The third-order valence-corrected chi connectivity index (χ3v) is 2.28. The van der Waals surface area contributed by atoms with Crippen LogP contribution in [0.25, 0.3) is 0 Å². The van der Waals surface area contributed by atoms with Crippen LogP contribution in [-0.2, 0) is 17.4 Å². The van der Waals surface area contributed by atoms with Crippen molar-refractivity contribution in [1.82, 2.24) is 0 Å². The molecule has 0 aliphatic carbocycles. The van der Waals surface area contributed by atoms with Crippen molar-refractivity contribution >= 4 is 5.78 Å². The van der Waals surface area contributed by atoms with Gasteiger partial charge in [-0.25, -0.2) is 0 Å². The van der Waals surface area contributed by atoms with E-state index in [0.717, 1.165) is 12.1 Å². The fourth-order valence-corrected chi connectivity index (χ4v) is 1.26. The Hall–Kier alpha value is -1.32. The first-order chi connectivity index (χ1) is 7.30. The molecule has 0 unspecified atom stereocenters. The highest BCUT2D eigenvalue weighted by Gasteiger charge is 2.30. The average molecular weight is 230 g/mol.